The predicted molar refractivity (Wildman–Crippen MR) is 80.7 cm³/mol. The SMILES string of the molecule is COc1ncccc1C(=O)N(C)Cc1ccc(Br)cc1. The summed E-state index contributed by atoms with van der Waals surface area (Å²) in [6.07, 6.45) is 1.60. The van der Waals surface area contributed by atoms with E-state index in [1.807, 2.05) is 24.3 Å². The van der Waals surface area contributed by atoms with Crippen LogP contribution >= 0.6 is 15.9 Å². The third kappa shape index (κ3) is 3.36. The molecule has 0 aliphatic carbocycles. The topological polar surface area (TPSA) is 42.4 Å². The molecular formula is C15H15BrN2O2. The highest BCUT2D eigenvalue weighted by atomic mass is 79.9. The van der Waals surface area contributed by atoms with E-state index in [2.05, 4.69) is 20.9 Å². The molecule has 1 aromatic carbocycles. The summed E-state index contributed by atoms with van der Waals surface area (Å²) < 4.78 is 6.14. The third-order valence-corrected chi connectivity index (χ3v) is 3.40. The number of benzene rings is 1. The van der Waals surface area contributed by atoms with E-state index in [1.54, 1.807) is 30.3 Å². The van der Waals surface area contributed by atoms with Crippen molar-refractivity contribution in [3.8, 4) is 5.88 Å². The summed E-state index contributed by atoms with van der Waals surface area (Å²) >= 11 is 3.39. The molecule has 104 valence electrons. The number of pyridine rings is 1. The molecule has 1 amide bonds. The minimum atomic E-state index is -0.113. The molecular weight excluding hydrogens is 320 g/mol. The first kappa shape index (κ1) is 14.5. The van der Waals surface area contributed by atoms with Gasteiger partial charge in [0.2, 0.25) is 5.88 Å². The summed E-state index contributed by atoms with van der Waals surface area (Å²) in [7, 11) is 3.27. The second-order valence-electron chi connectivity index (χ2n) is 4.35. The Labute approximate surface area is 126 Å². The first-order valence-electron chi connectivity index (χ1n) is 6.10. The molecule has 2 rings (SSSR count). The molecule has 0 unspecified atom stereocenters. The Balaban J connectivity index is 2.14. The van der Waals surface area contributed by atoms with Crippen molar-refractivity contribution in [2.45, 2.75) is 6.54 Å². The van der Waals surface area contributed by atoms with E-state index in [0.29, 0.717) is 18.0 Å². The second kappa shape index (κ2) is 6.52. The minimum absolute atomic E-state index is 0.113. The van der Waals surface area contributed by atoms with Gasteiger partial charge < -0.3 is 9.64 Å². The molecule has 2 aromatic rings. The van der Waals surface area contributed by atoms with Crippen LogP contribution in [0.3, 0.4) is 0 Å². The Kier molecular flexibility index (Phi) is 4.74. The van der Waals surface area contributed by atoms with Crippen molar-refractivity contribution < 1.29 is 9.53 Å². The average Bonchev–Trinajstić information content (AvgIpc) is 2.48. The van der Waals surface area contributed by atoms with Crippen molar-refractivity contribution in [3.05, 3.63) is 58.2 Å². The highest BCUT2D eigenvalue weighted by Gasteiger charge is 2.17. The summed E-state index contributed by atoms with van der Waals surface area (Å²) in [5.41, 5.74) is 1.53. The Bertz CT molecular complexity index is 599. The molecule has 0 N–H and O–H groups in total. The molecule has 0 aliphatic heterocycles. The lowest BCUT2D eigenvalue weighted by atomic mass is 10.2. The summed E-state index contributed by atoms with van der Waals surface area (Å²) in [5.74, 6) is 0.234. The minimum Gasteiger partial charge on any atom is -0.480 e. The van der Waals surface area contributed by atoms with E-state index < -0.39 is 0 Å². The van der Waals surface area contributed by atoms with Crippen molar-refractivity contribution in [1.82, 2.24) is 9.88 Å². The quantitative estimate of drug-likeness (QED) is 0.862. The summed E-state index contributed by atoms with van der Waals surface area (Å²) in [4.78, 5) is 18.1. The van der Waals surface area contributed by atoms with Gasteiger partial charge in [0, 0.05) is 24.3 Å². The van der Waals surface area contributed by atoms with Crippen LogP contribution < -0.4 is 4.74 Å². The van der Waals surface area contributed by atoms with Crippen molar-refractivity contribution in [2.75, 3.05) is 14.2 Å². The summed E-state index contributed by atoms with van der Waals surface area (Å²) in [5, 5.41) is 0. The molecule has 1 heterocycles. The van der Waals surface area contributed by atoms with Crippen LogP contribution in [0, 0.1) is 0 Å². The smallest absolute Gasteiger partial charge is 0.259 e. The van der Waals surface area contributed by atoms with Gasteiger partial charge in [-0.15, -0.1) is 0 Å². The Morgan fingerprint density at radius 3 is 2.65 bits per heavy atom. The van der Waals surface area contributed by atoms with Crippen LogP contribution in [0.15, 0.2) is 47.1 Å². The molecule has 0 saturated carbocycles. The first-order chi connectivity index (χ1) is 9.61. The van der Waals surface area contributed by atoms with E-state index in [9.17, 15) is 4.79 Å². The van der Waals surface area contributed by atoms with Gasteiger partial charge in [-0.25, -0.2) is 4.98 Å². The number of amides is 1. The van der Waals surface area contributed by atoms with Crippen LogP contribution in [0.1, 0.15) is 15.9 Å². The molecule has 20 heavy (non-hydrogen) atoms. The Morgan fingerprint density at radius 2 is 2.00 bits per heavy atom. The van der Waals surface area contributed by atoms with Crippen molar-refractivity contribution in [3.63, 3.8) is 0 Å². The van der Waals surface area contributed by atoms with Gasteiger partial charge in [0.1, 0.15) is 5.56 Å². The first-order valence-corrected chi connectivity index (χ1v) is 6.90. The number of carbonyl (C=O) groups is 1. The molecule has 0 saturated heterocycles. The van der Waals surface area contributed by atoms with Crippen LogP contribution in [0.4, 0.5) is 0 Å². The van der Waals surface area contributed by atoms with Gasteiger partial charge >= 0.3 is 0 Å². The lowest BCUT2D eigenvalue weighted by Crippen LogP contribution is -2.26. The molecule has 0 aliphatic rings. The number of halogens is 1. The van der Waals surface area contributed by atoms with Crippen molar-refractivity contribution >= 4 is 21.8 Å². The highest BCUT2D eigenvalue weighted by molar-refractivity contribution is 9.10. The zero-order valence-corrected chi connectivity index (χ0v) is 12.9. The van der Waals surface area contributed by atoms with Crippen molar-refractivity contribution in [2.24, 2.45) is 0 Å². The van der Waals surface area contributed by atoms with Crippen LogP contribution in [0.25, 0.3) is 0 Å². The second-order valence-corrected chi connectivity index (χ2v) is 5.26. The van der Waals surface area contributed by atoms with Crippen LogP contribution in [-0.2, 0) is 6.54 Å². The van der Waals surface area contributed by atoms with Crippen LogP contribution in [0.2, 0.25) is 0 Å². The third-order valence-electron chi connectivity index (χ3n) is 2.87. The molecule has 4 nitrogen and oxygen atoms in total. The molecule has 1 aromatic heterocycles. The number of hydrogen-bond acceptors (Lipinski definition) is 3. The fourth-order valence-corrected chi connectivity index (χ4v) is 2.12. The fourth-order valence-electron chi connectivity index (χ4n) is 1.86. The zero-order valence-electron chi connectivity index (χ0n) is 11.3. The number of carbonyl (C=O) groups excluding carboxylic acids is 1. The van der Waals surface area contributed by atoms with Gasteiger partial charge in [0.25, 0.3) is 5.91 Å². The standard InChI is InChI=1S/C15H15BrN2O2/c1-18(10-11-5-7-12(16)8-6-11)15(19)13-4-3-9-17-14(13)20-2/h3-9H,10H2,1-2H3. The molecule has 0 bridgehead atoms. The van der Waals surface area contributed by atoms with Gasteiger partial charge in [-0.05, 0) is 29.8 Å². The number of rotatable bonds is 4. The number of ether oxygens (including phenoxy) is 1. The number of nitrogens with zero attached hydrogens (tertiary/aromatic N) is 2. The van der Waals surface area contributed by atoms with Crippen LogP contribution in [0.5, 0.6) is 5.88 Å². The monoisotopic (exact) mass is 334 g/mol. The highest BCUT2D eigenvalue weighted by Crippen LogP contribution is 2.17. The molecule has 5 heteroatoms. The van der Waals surface area contributed by atoms with E-state index in [0.717, 1.165) is 10.0 Å². The number of hydrogen-bond donors (Lipinski definition) is 0. The Hall–Kier alpha value is -1.88. The van der Waals surface area contributed by atoms with Crippen LogP contribution in [-0.4, -0.2) is 29.9 Å². The summed E-state index contributed by atoms with van der Waals surface area (Å²) in [6, 6.07) is 11.3. The van der Waals surface area contributed by atoms with E-state index >= 15 is 0 Å². The van der Waals surface area contributed by atoms with Gasteiger partial charge in [0.05, 0.1) is 7.11 Å². The number of methoxy groups -OCH3 is 1. The molecule has 0 spiro atoms. The van der Waals surface area contributed by atoms with E-state index in [-0.39, 0.29) is 5.91 Å². The van der Waals surface area contributed by atoms with Gasteiger partial charge in [-0.3, -0.25) is 4.79 Å². The fraction of sp³-hybridized carbons (Fsp3) is 0.200. The Morgan fingerprint density at radius 1 is 1.30 bits per heavy atom. The lowest BCUT2D eigenvalue weighted by Gasteiger charge is -2.18. The van der Waals surface area contributed by atoms with E-state index in [4.69, 9.17) is 4.74 Å². The predicted octanol–water partition coefficient (Wildman–Crippen LogP) is 3.12. The van der Waals surface area contributed by atoms with Gasteiger partial charge in [-0.1, -0.05) is 28.1 Å². The molecule has 0 radical (unpaired) electrons. The average molecular weight is 335 g/mol. The summed E-state index contributed by atoms with van der Waals surface area (Å²) in [6.45, 7) is 0.532. The lowest BCUT2D eigenvalue weighted by molar-refractivity contribution is 0.0781. The maximum absolute atomic E-state index is 12.4. The zero-order chi connectivity index (χ0) is 14.5. The van der Waals surface area contributed by atoms with E-state index in [1.165, 1.54) is 7.11 Å². The molecule has 0 fully saturated rings. The normalized spacial score (nSPS) is 10.2. The van der Waals surface area contributed by atoms with Gasteiger partial charge in [0.15, 0.2) is 0 Å². The largest absolute Gasteiger partial charge is 0.480 e. The molecule has 0 atom stereocenters. The maximum atomic E-state index is 12.4. The number of aromatic nitrogens is 1. The maximum Gasteiger partial charge on any atom is 0.259 e. The van der Waals surface area contributed by atoms with Crippen molar-refractivity contribution in [1.29, 1.82) is 0 Å². The van der Waals surface area contributed by atoms with Gasteiger partial charge in [-0.2, -0.15) is 0 Å².